The fourth-order valence-corrected chi connectivity index (χ4v) is 1.63. The van der Waals surface area contributed by atoms with Crippen LogP contribution in [0.25, 0.3) is 0 Å². The van der Waals surface area contributed by atoms with E-state index in [-0.39, 0.29) is 23.5 Å². The quantitative estimate of drug-likeness (QED) is 0.402. The van der Waals surface area contributed by atoms with Gasteiger partial charge >= 0.3 is 5.97 Å². The first-order chi connectivity index (χ1) is 11.1. The predicted octanol–water partition coefficient (Wildman–Crippen LogP) is 3.95. The summed E-state index contributed by atoms with van der Waals surface area (Å²) in [5.74, 6) is -0.449. The molecule has 0 aromatic heterocycles. The van der Waals surface area contributed by atoms with Gasteiger partial charge in [0.1, 0.15) is 11.8 Å². The highest BCUT2D eigenvalue weighted by Crippen LogP contribution is 2.20. The summed E-state index contributed by atoms with van der Waals surface area (Å²) in [5, 5.41) is 18.0. The van der Waals surface area contributed by atoms with Crippen LogP contribution in [0.1, 0.15) is 11.1 Å². The van der Waals surface area contributed by atoms with Crippen LogP contribution in [0.5, 0.6) is 5.75 Å². The molecule has 1 N–H and O–H groups in total. The molecule has 0 unspecified atom stereocenters. The molecule has 0 saturated carbocycles. The van der Waals surface area contributed by atoms with E-state index >= 15 is 0 Å². The maximum absolute atomic E-state index is 11.0. The summed E-state index contributed by atoms with van der Waals surface area (Å²) < 4.78 is 4.88. The van der Waals surface area contributed by atoms with Gasteiger partial charge in [0.05, 0.1) is 11.3 Å². The van der Waals surface area contributed by atoms with Crippen LogP contribution in [-0.4, -0.2) is 11.1 Å². The monoisotopic (exact) mass is 307 g/mol. The van der Waals surface area contributed by atoms with Gasteiger partial charge in [-0.15, -0.1) is 0 Å². The zero-order valence-corrected chi connectivity index (χ0v) is 12.6. The summed E-state index contributed by atoms with van der Waals surface area (Å²) in [6, 6.07) is 18.6. The second-order valence-corrected chi connectivity index (χ2v) is 4.47. The molecule has 4 heteroatoms. The Morgan fingerprint density at radius 3 is 2.22 bits per heavy atom. The van der Waals surface area contributed by atoms with Crippen LogP contribution >= 0.6 is 0 Å². The van der Waals surface area contributed by atoms with E-state index in [4.69, 9.17) is 15.1 Å². The number of aliphatic hydroxyl groups is 1. The SMILES string of the molecule is C=CC(=O)Oc1ccc(CC(=C)O)cc1C#N.c1ccccc1. The van der Waals surface area contributed by atoms with Crippen molar-refractivity contribution >= 4 is 5.97 Å². The van der Waals surface area contributed by atoms with Crippen LogP contribution < -0.4 is 4.74 Å². The fourth-order valence-electron chi connectivity index (χ4n) is 1.63. The average Bonchev–Trinajstić information content (AvgIpc) is 2.57. The molecule has 0 saturated heterocycles. The fraction of sp³-hybridized carbons (Fsp3) is 0.0526. The Morgan fingerprint density at radius 2 is 1.78 bits per heavy atom. The molecule has 0 aliphatic carbocycles. The molecule has 0 atom stereocenters. The van der Waals surface area contributed by atoms with Gasteiger partial charge in [-0.2, -0.15) is 5.26 Å². The number of carbonyl (C=O) groups is 1. The van der Waals surface area contributed by atoms with E-state index in [1.165, 1.54) is 12.1 Å². The highest BCUT2D eigenvalue weighted by Gasteiger charge is 2.08. The molecular weight excluding hydrogens is 290 g/mol. The van der Waals surface area contributed by atoms with Gasteiger partial charge in [-0.25, -0.2) is 4.79 Å². The van der Waals surface area contributed by atoms with E-state index in [0.717, 1.165) is 6.08 Å². The molecule has 116 valence electrons. The number of hydrogen-bond acceptors (Lipinski definition) is 4. The molecule has 0 fully saturated rings. The van der Waals surface area contributed by atoms with Crippen LogP contribution in [0.15, 0.2) is 79.6 Å². The minimum atomic E-state index is -0.624. The maximum Gasteiger partial charge on any atom is 0.335 e. The zero-order chi connectivity index (χ0) is 17.1. The second kappa shape index (κ2) is 9.59. The highest BCUT2D eigenvalue weighted by molar-refractivity contribution is 5.83. The Kier molecular flexibility index (Phi) is 7.39. The van der Waals surface area contributed by atoms with Crippen molar-refractivity contribution in [2.75, 3.05) is 0 Å². The molecule has 0 radical (unpaired) electrons. The number of allylic oxidation sites excluding steroid dienone is 1. The van der Waals surface area contributed by atoms with E-state index in [9.17, 15) is 4.79 Å². The van der Waals surface area contributed by atoms with Crippen molar-refractivity contribution < 1.29 is 14.6 Å². The third-order valence-electron chi connectivity index (χ3n) is 2.62. The Morgan fingerprint density at radius 1 is 1.22 bits per heavy atom. The van der Waals surface area contributed by atoms with Crippen molar-refractivity contribution in [3.8, 4) is 11.8 Å². The van der Waals surface area contributed by atoms with E-state index in [1.54, 1.807) is 6.07 Å². The van der Waals surface area contributed by atoms with Gasteiger partial charge in [0.15, 0.2) is 0 Å². The lowest BCUT2D eigenvalue weighted by atomic mass is 10.1. The molecule has 0 aliphatic heterocycles. The molecule has 0 amide bonds. The van der Waals surface area contributed by atoms with E-state index in [2.05, 4.69) is 13.2 Å². The van der Waals surface area contributed by atoms with Crippen LogP contribution in [0.2, 0.25) is 0 Å². The third kappa shape index (κ3) is 6.78. The van der Waals surface area contributed by atoms with Crippen LogP contribution in [0.4, 0.5) is 0 Å². The first-order valence-electron chi connectivity index (χ1n) is 6.81. The number of carbonyl (C=O) groups excluding carboxylic acids is 1. The molecule has 2 aromatic carbocycles. The van der Waals surface area contributed by atoms with Gasteiger partial charge in [0.2, 0.25) is 0 Å². The Labute approximate surface area is 135 Å². The van der Waals surface area contributed by atoms with Crippen molar-refractivity contribution in [3.63, 3.8) is 0 Å². The van der Waals surface area contributed by atoms with Crippen LogP contribution in [-0.2, 0) is 11.2 Å². The molecule has 4 nitrogen and oxygen atoms in total. The zero-order valence-electron chi connectivity index (χ0n) is 12.6. The van der Waals surface area contributed by atoms with E-state index in [1.807, 2.05) is 42.5 Å². The lowest BCUT2D eigenvalue weighted by molar-refractivity contribution is -0.128. The van der Waals surface area contributed by atoms with Gasteiger partial charge in [0, 0.05) is 12.5 Å². The summed E-state index contributed by atoms with van der Waals surface area (Å²) in [5.41, 5.74) is 0.936. The molecular formula is C19H17NO3. The summed E-state index contributed by atoms with van der Waals surface area (Å²) in [7, 11) is 0. The van der Waals surface area contributed by atoms with Crippen molar-refractivity contribution in [2.24, 2.45) is 0 Å². The number of hydrogen-bond donors (Lipinski definition) is 1. The minimum absolute atomic E-state index is 0.00438. The summed E-state index contributed by atoms with van der Waals surface area (Å²) in [4.78, 5) is 11.0. The molecule has 0 heterocycles. The van der Waals surface area contributed by atoms with Crippen molar-refractivity contribution in [3.05, 3.63) is 90.7 Å². The molecule has 2 aromatic rings. The number of nitriles is 1. The summed E-state index contributed by atoms with van der Waals surface area (Å²) in [6.45, 7) is 6.63. The first kappa shape index (κ1) is 17.7. The maximum atomic E-state index is 11.0. The van der Waals surface area contributed by atoms with Crippen LogP contribution in [0.3, 0.4) is 0 Å². The normalized spacial score (nSPS) is 8.83. The van der Waals surface area contributed by atoms with Crippen molar-refractivity contribution in [1.29, 1.82) is 5.26 Å². The standard InChI is InChI=1S/C13H11NO3.C6H6/c1-3-13(16)17-12-5-4-10(6-9(2)15)7-11(12)8-14;1-2-4-6-5-3-1/h3-5,7,15H,1-2,6H2;1-6H. The van der Waals surface area contributed by atoms with Gasteiger partial charge < -0.3 is 9.84 Å². The van der Waals surface area contributed by atoms with Gasteiger partial charge in [0.25, 0.3) is 0 Å². The van der Waals surface area contributed by atoms with Crippen molar-refractivity contribution in [1.82, 2.24) is 0 Å². The number of esters is 1. The van der Waals surface area contributed by atoms with Gasteiger partial charge in [-0.3, -0.25) is 0 Å². The average molecular weight is 307 g/mol. The molecule has 0 spiro atoms. The highest BCUT2D eigenvalue weighted by atomic mass is 16.5. The summed E-state index contributed by atoms with van der Waals surface area (Å²) >= 11 is 0. The second-order valence-electron chi connectivity index (χ2n) is 4.47. The lowest BCUT2D eigenvalue weighted by Gasteiger charge is -2.06. The van der Waals surface area contributed by atoms with E-state index in [0.29, 0.717) is 5.56 Å². The number of aliphatic hydroxyl groups excluding tert-OH is 1. The topological polar surface area (TPSA) is 70.3 Å². The molecule has 2 rings (SSSR count). The number of rotatable bonds is 4. The number of ether oxygens (including phenoxy) is 1. The Bertz CT molecular complexity index is 688. The Hall–Kier alpha value is -3.32. The van der Waals surface area contributed by atoms with Gasteiger partial charge in [-0.1, -0.05) is 55.6 Å². The largest absolute Gasteiger partial charge is 0.513 e. The molecule has 0 bridgehead atoms. The first-order valence-corrected chi connectivity index (χ1v) is 6.81. The number of nitrogens with zero attached hydrogens (tertiary/aromatic N) is 1. The van der Waals surface area contributed by atoms with Gasteiger partial charge in [-0.05, 0) is 17.7 Å². The predicted molar refractivity (Wildman–Crippen MR) is 88.9 cm³/mol. The lowest BCUT2D eigenvalue weighted by Crippen LogP contribution is -2.05. The smallest absolute Gasteiger partial charge is 0.335 e. The third-order valence-corrected chi connectivity index (χ3v) is 2.62. The van der Waals surface area contributed by atoms with E-state index < -0.39 is 5.97 Å². The van der Waals surface area contributed by atoms with Crippen LogP contribution in [0, 0.1) is 11.3 Å². The van der Waals surface area contributed by atoms with Crippen molar-refractivity contribution in [2.45, 2.75) is 6.42 Å². The molecule has 23 heavy (non-hydrogen) atoms. The Balaban J connectivity index is 0.000000366. The number of benzene rings is 2. The summed E-state index contributed by atoms with van der Waals surface area (Å²) in [6.07, 6.45) is 1.27. The molecule has 0 aliphatic rings. The minimum Gasteiger partial charge on any atom is -0.513 e.